The Balaban J connectivity index is 1.72. The lowest BCUT2D eigenvalue weighted by molar-refractivity contribution is -0.113. The number of thioether (sulfide) groups is 1. The van der Waals surface area contributed by atoms with Gasteiger partial charge >= 0.3 is 0 Å². The fraction of sp³-hybridized carbons (Fsp3) is 0.350. The van der Waals surface area contributed by atoms with Crippen LogP contribution in [0.2, 0.25) is 0 Å². The lowest BCUT2D eigenvalue weighted by Gasteiger charge is -2.11. The molecule has 27 heavy (non-hydrogen) atoms. The van der Waals surface area contributed by atoms with E-state index >= 15 is 0 Å². The number of aryl methyl sites for hydroxylation is 1. The molecule has 0 spiro atoms. The molecule has 0 aliphatic carbocycles. The van der Waals surface area contributed by atoms with Gasteiger partial charge in [-0.25, -0.2) is 4.98 Å². The highest BCUT2D eigenvalue weighted by Crippen LogP contribution is 2.21. The molecule has 0 saturated heterocycles. The summed E-state index contributed by atoms with van der Waals surface area (Å²) < 4.78 is 2.38. The van der Waals surface area contributed by atoms with Crippen LogP contribution in [0, 0.1) is 0 Å². The summed E-state index contributed by atoms with van der Waals surface area (Å²) in [4.78, 5) is 29.7. The zero-order valence-corrected chi connectivity index (χ0v) is 17.2. The highest BCUT2D eigenvalue weighted by atomic mass is 32.2. The first-order valence-corrected chi connectivity index (χ1v) is 11.0. The van der Waals surface area contributed by atoms with Crippen LogP contribution >= 0.6 is 23.1 Å². The number of benzene rings is 1. The number of anilines is 1. The van der Waals surface area contributed by atoms with Crippen molar-refractivity contribution in [1.29, 1.82) is 0 Å². The quantitative estimate of drug-likeness (QED) is 0.444. The second-order valence-electron chi connectivity index (χ2n) is 6.23. The number of unbranched alkanes of at least 4 members (excludes halogenated alkanes) is 1. The molecule has 3 rings (SSSR count). The van der Waals surface area contributed by atoms with Gasteiger partial charge in [0.15, 0.2) is 5.16 Å². The molecule has 2 aromatic heterocycles. The van der Waals surface area contributed by atoms with Crippen LogP contribution in [0.3, 0.4) is 0 Å². The van der Waals surface area contributed by atoms with Gasteiger partial charge in [0, 0.05) is 12.2 Å². The average Bonchev–Trinajstić information content (AvgIpc) is 3.15. The first kappa shape index (κ1) is 19.6. The lowest BCUT2D eigenvalue weighted by Crippen LogP contribution is -2.23. The minimum absolute atomic E-state index is 0.0125. The molecule has 5 nitrogen and oxygen atoms in total. The van der Waals surface area contributed by atoms with E-state index in [0.717, 1.165) is 24.9 Å². The predicted octanol–water partition coefficient (Wildman–Crippen LogP) is 4.55. The number of hydrogen-bond acceptors (Lipinski definition) is 5. The molecule has 0 aliphatic rings. The van der Waals surface area contributed by atoms with Gasteiger partial charge in [-0.15, -0.1) is 11.3 Å². The molecule has 3 aromatic rings. The first-order valence-electron chi connectivity index (χ1n) is 9.12. The van der Waals surface area contributed by atoms with Crippen LogP contribution in [0.25, 0.3) is 10.2 Å². The molecule has 0 atom stereocenters. The van der Waals surface area contributed by atoms with Gasteiger partial charge in [-0.3, -0.25) is 14.2 Å². The van der Waals surface area contributed by atoms with Crippen molar-refractivity contribution in [2.45, 2.75) is 44.8 Å². The van der Waals surface area contributed by atoms with Gasteiger partial charge in [0.2, 0.25) is 5.91 Å². The number of nitrogens with one attached hydrogen (secondary N) is 1. The zero-order valence-electron chi connectivity index (χ0n) is 15.5. The van der Waals surface area contributed by atoms with E-state index in [9.17, 15) is 9.59 Å². The third-order valence-corrected chi connectivity index (χ3v) is 6.11. The molecule has 0 saturated carbocycles. The molecule has 0 bridgehead atoms. The Bertz CT molecular complexity index is 977. The Labute approximate surface area is 166 Å². The molecule has 2 heterocycles. The van der Waals surface area contributed by atoms with Crippen LogP contribution in [-0.2, 0) is 17.8 Å². The van der Waals surface area contributed by atoms with Crippen molar-refractivity contribution in [2.75, 3.05) is 11.1 Å². The maximum atomic E-state index is 12.7. The van der Waals surface area contributed by atoms with Gasteiger partial charge in [-0.1, -0.05) is 44.2 Å². The SMILES string of the molecule is CCCCn1c(SCC(=O)Nc2ccc(CC)cc2)nc2ccsc2c1=O. The van der Waals surface area contributed by atoms with Gasteiger partial charge in [-0.05, 0) is 42.0 Å². The van der Waals surface area contributed by atoms with Gasteiger partial charge in [0.05, 0.1) is 11.3 Å². The summed E-state index contributed by atoms with van der Waals surface area (Å²) in [6, 6.07) is 9.70. The zero-order chi connectivity index (χ0) is 19.2. The van der Waals surface area contributed by atoms with Crippen LogP contribution in [0.4, 0.5) is 5.69 Å². The highest BCUT2D eigenvalue weighted by Gasteiger charge is 2.14. The number of carbonyl (C=O) groups is 1. The monoisotopic (exact) mass is 401 g/mol. The van der Waals surface area contributed by atoms with Gasteiger partial charge in [0.1, 0.15) is 4.70 Å². The van der Waals surface area contributed by atoms with Crippen molar-refractivity contribution in [2.24, 2.45) is 0 Å². The van der Waals surface area contributed by atoms with E-state index in [2.05, 4.69) is 24.1 Å². The first-order chi connectivity index (χ1) is 13.1. The number of amides is 1. The molecular weight excluding hydrogens is 378 g/mol. The third-order valence-electron chi connectivity index (χ3n) is 4.24. The summed E-state index contributed by atoms with van der Waals surface area (Å²) >= 11 is 2.72. The van der Waals surface area contributed by atoms with Crippen molar-refractivity contribution < 1.29 is 4.79 Å². The number of carbonyl (C=O) groups excluding carboxylic acids is 1. The van der Waals surface area contributed by atoms with Crippen molar-refractivity contribution in [3.05, 3.63) is 51.6 Å². The average molecular weight is 402 g/mol. The fourth-order valence-corrected chi connectivity index (χ4v) is 4.30. The lowest BCUT2D eigenvalue weighted by atomic mass is 10.1. The number of aromatic nitrogens is 2. The van der Waals surface area contributed by atoms with Gasteiger partial charge in [0.25, 0.3) is 5.56 Å². The summed E-state index contributed by atoms with van der Waals surface area (Å²) in [5, 5.41) is 5.39. The molecule has 0 aliphatic heterocycles. The second kappa shape index (κ2) is 9.19. The van der Waals surface area contributed by atoms with Crippen LogP contribution in [-0.4, -0.2) is 21.2 Å². The van der Waals surface area contributed by atoms with Crippen molar-refractivity contribution >= 4 is 44.9 Å². The Kier molecular flexibility index (Phi) is 6.68. The fourth-order valence-electron chi connectivity index (χ4n) is 2.70. The molecular formula is C20H23N3O2S2. The second-order valence-corrected chi connectivity index (χ2v) is 8.09. The molecule has 7 heteroatoms. The Morgan fingerprint density at radius 3 is 2.70 bits per heavy atom. The molecule has 1 amide bonds. The molecule has 0 unspecified atom stereocenters. The van der Waals surface area contributed by atoms with E-state index in [0.29, 0.717) is 21.9 Å². The maximum Gasteiger partial charge on any atom is 0.272 e. The Morgan fingerprint density at radius 1 is 1.22 bits per heavy atom. The van der Waals surface area contributed by atoms with Gasteiger partial charge < -0.3 is 5.32 Å². The van der Waals surface area contributed by atoms with Crippen molar-refractivity contribution in [1.82, 2.24) is 9.55 Å². The maximum absolute atomic E-state index is 12.7. The van der Waals surface area contributed by atoms with Crippen LogP contribution in [0.1, 0.15) is 32.3 Å². The van der Waals surface area contributed by atoms with E-state index in [4.69, 9.17) is 0 Å². The summed E-state index contributed by atoms with van der Waals surface area (Å²) in [7, 11) is 0. The van der Waals surface area contributed by atoms with E-state index in [1.54, 1.807) is 4.57 Å². The molecule has 0 radical (unpaired) electrons. The van der Waals surface area contributed by atoms with Gasteiger partial charge in [-0.2, -0.15) is 0 Å². The standard InChI is InChI=1S/C20H23N3O2S2/c1-3-5-11-23-19(25)18-16(10-12-26-18)22-20(23)27-13-17(24)21-15-8-6-14(4-2)7-9-15/h6-10,12H,3-5,11,13H2,1-2H3,(H,21,24). The number of thiophene rings is 1. The molecule has 1 N–H and O–H groups in total. The van der Waals surface area contributed by atoms with Crippen molar-refractivity contribution in [3.8, 4) is 0 Å². The van der Waals surface area contributed by atoms with Crippen LogP contribution in [0.5, 0.6) is 0 Å². The summed E-state index contributed by atoms with van der Waals surface area (Å²) in [6.45, 7) is 4.81. The Hall–Kier alpha value is -2.12. The minimum atomic E-state index is -0.106. The summed E-state index contributed by atoms with van der Waals surface area (Å²) in [5.41, 5.74) is 2.70. The Morgan fingerprint density at radius 2 is 2.00 bits per heavy atom. The number of rotatable bonds is 8. The molecule has 142 valence electrons. The number of hydrogen-bond donors (Lipinski definition) is 1. The van der Waals surface area contributed by atoms with Crippen LogP contribution < -0.4 is 10.9 Å². The smallest absolute Gasteiger partial charge is 0.272 e. The third kappa shape index (κ3) is 4.78. The van der Waals surface area contributed by atoms with Crippen molar-refractivity contribution in [3.63, 3.8) is 0 Å². The number of fused-ring (bicyclic) bond motifs is 1. The largest absolute Gasteiger partial charge is 0.325 e. The summed E-state index contributed by atoms with van der Waals surface area (Å²) in [6.07, 6.45) is 2.87. The van der Waals surface area contributed by atoms with E-state index in [-0.39, 0.29) is 17.2 Å². The van der Waals surface area contributed by atoms with E-state index < -0.39 is 0 Å². The van der Waals surface area contributed by atoms with E-state index in [1.165, 1.54) is 28.7 Å². The van der Waals surface area contributed by atoms with E-state index in [1.807, 2.05) is 35.7 Å². The highest BCUT2D eigenvalue weighted by molar-refractivity contribution is 7.99. The molecule has 0 fully saturated rings. The summed E-state index contributed by atoms with van der Waals surface area (Å²) in [5.74, 6) is 0.106. The number of nitrogens with zero attached hydrogens (tertiary/aromatic N) is 2. The topological polar surface area (TPSA) is 64.0 Å². The van der Waals surface area contributed by atoms with Crippen LogP contribution in [0.15, 0.2) is 45.7 Å². The minimum Gasteiger partial charge on any atom is -0.325 e. The predicted molar refractivity (Wildman–Crippen MR) is 114 cm³/mol. The normalized spacial score (nSPS) is 11.0. The molecule has 1 aromatic carbocycles.